The number of benzene rings is 3. The van der Waals surface area contributed by atoms with E-state index >= 15 is 8.78 Å². The first-order valence-electron chi connectivity index (χ1n) is 47.2. The average Bonchev–Trinajstić information content (AvgIpc) is 1.48. The summed E-state index contributed by atoms with van der Waals surface area (Å²) in [6, 6.07) is 18.3. The van der Waals surface area contributed by atoms with E-state index in [0.29, 0.717) is 93.8 Å². The van der Waals surface area contributed by atoms with Crippen LogP contribution in [-0.2, 0) is 139 Å². The number of nitrogens with two attached hydrogens (primary N) is 1. The quantitative estimate of drug-likeness (QED) is 0.0171. The second kappa shape index (κ2) is 55.0. The lowest BCUT2D eigenvalue weighted by molar-refractivity contribution is -0.235. The Hall–Kier alpha value is -10.8. The Kier molecular flexibility index (Phi) is 43.6. The lowest BCUT2D eigenvalue weighted by atomic mass is 9.44. The van der Waals surface area contributed by atoms with Gasteiger partial charge in [0.05, 0.1) is 168 Å². The molecule has 2 aliphatic heterocycles. The minimum Gasteiger partial charge on any atom is -0.445 e. The van der Waals surface area contributed by atoms with Crippen LogP contribution >= 0.6 is 0 Å². The van der Waals surface area contributed by atoms with E-state index < -0.39 is 178 Å². The third-order valence-corrected chi connectivity index (χ3v) is 25.9. The molecule has 0 bridgehead atoms. The van der Waals surface area contributed by atoms with Gasteiger partial charge in [-0.2, -0.15) is 8.42 Å². The number of hydrogen-bond donors (Lipinski definition) is 12. The van der Waals surface area contributed by atoms with Crippen LogP contribution in [0.3, 0.4) is 0 Å². The number of nitrogens with zero attached hydrogens (tertiary/aromatic N) is 4. The lowest BCUT2D eigenvalue weighted by Crippen LogP contribution is -2.71. The second-order valence-corrected chi connectivity index (χ2v) is 36.7. The molecule has 772 valence electrons. The zero-order valence-electron chi connectivity index (χ0n) is 79.6. The third-order valence-electron chi connectivity index (χ3n) is 25.2. The number of Topliss-reactive ketones (excluding diaryl/α,β-unsaturated/α-hetero) is 1. The molecule has 3 aromatic carbocycles. The number of carbonyl (C=O) groups excluding carboxylic acids is 12. The Morgan fingerprint density at radius 1 is 0.643 bits per heavy atom. The zero-order chi connectivity index (χ0) is 101. The molecule has 4 aliphatic carbocycles. The van der Waals surface area contributed by atoms with Crippen LogP contribution in [-0.4, -0.2) is 323 Å². The zero-order valence-corrected chi connectivity index (χ0v) is 80.4. The number of primary amides is 1. The van der Waals surface area contributed by atoms with Gasteiger partial charge in [-0.05, 0) is 104 Å². The number of urea groups is 1. The lowest BCUT2D eigenvalue weighted by Gasteiger charge is -2.63. The normalized spacial score (nSPS) is 21.9. The number of halogens is 2. The van der Waals surface area contributed by atoms with Crippen LogP contribution in [0, 0.1) is 28.6 Å². The van der Waals surface area contributed by atoms with Gasteiger partial charge in [0.25, 0.3) is 10.1 Å². The van der Waals surface area contributed by atoms with Crippen LogP contribution in [0.25, 0.3) is 22.5 Å². The maximum Gasteiger partial charge on any atom is 0.407 e. The van der Waals surface area contributed by atoms with Gasteiger partial charge in [-0.15, -0.1) is 5.10 Å². The van der Waals surface area contributed by atoms with Crippen molar-refractivity contribution in [2.75, 3.05) is 181 Å². The van der Waals surface area contributed by atoms with Crippen molar-refractivity contribution in [3.8, 4) is 22.5 Å². The van der Waals surface area contributed by atoms with Crippen molar-refractivity contribution in [2.45, 2.75) is 173 Å². The van der Waals surface area contributed by atoms with E-state index in [-0.39, 0.29) is 181 Å². The smallest absolute Gasteiger partial charge is 0.407 e. The third kappa shape index (κ3) is 31.3. The van der Waals surface area contributed by atoms with Crippen LogP contribution in [0.1, 0.15) is 116 Å². The molecule has 3 heterocycles. The number of rotatable bonds is 62. The molecule has 4 aromatic rings. The Balaban J connectivity index is 0.528. The molecule has 43 nitrogen and oxygen atoms in total. The fourth-order valence-electron chi connectivity index (χ4n) is 18.2. The highest BCUT2D eigenvalue weighted by molar-refractivity contribution is 7.85. The maximum absolute atomic E-state index is 17.9. The maximum atomic E-state index is 17.9. The van der Waals surface area contributed by atoms with Gasteiger partial charge in [0, 0.05) is 78.9 Å². The van der Waals surface area contributed by atoms with E-state index in [4.69, 9.17) is 71.9 Å². The number of ketones is 2. The highest BCUT2D eigenvalue weighted by Crippen LogP contribution is 2.72. The molecular formula is C94H132F2N14O29S. The summed E-state index contributed by atoms with van der Waals surface area (Å²) in [4.78, 5) is 158. The molecule has 11 amide bonds. The summed E-state index contributed by atoms with van der Waals surface area (Å²) in [6.45, 7) is 11.3. The molecule has 0 radical (unpaired) electrons. The van der Waals surface area contributed by atoms with E-state index in [1.54, 1.807) is 42.5 Å². The molecule has 1 aromatic heterocycles. The van der Waals surface area contributed by atoms with Crippen molar-refractivity contribution in [1.29, 1.82) is 0 Å². The van der Waals surface area contributed by atoms with Crippen LogP contribution in [0.15, 0.2) is 96.6 Å². The van der Waals surface area contributed by atoms with Crippen molar-refractivity contribution in [3.05, 3.63) is 108 Å². The molecule has 1 unspecified atom stereocenters. The number of ether oxygens (including phenoxy) is 13. The van der Waals surface area contributed by atoms with Gasteiger partial charge in [-0.25, -0.2) is 23.1 Å². The average molecular weight is 1990 g/mol. The number of nitrogens with one attached hydrogen (secondary N) is 9. The van der Waals surface area contributed by atoms with Crippen molar-refractivity contribution in [3.63, 3.8) is 0 Å². The monoisotopic (exact) mass is 1990 g/mol. The summed E-state index contributed by atoms with van der Waals surface area (Å²) in [5.41, 5.74) is 3.38. The summed E-state index contributed by atoms with van der Waals surface area (Å²) >= 11 is 0. The molecule has 3 saturated carbocycles. The highest BCUT2D eigenvalue weighted by Gasteiger charge is 2.80. The molecular weight excluding hydrogens is 1860 g/mol. The summed E-state index contributed by atoms with van der Waals surface area (Å²) in [7, 11) is -4.15. The van der Waals surface area contributed by atoms with E-state index in [1.165, 1.54) is 31.2 Å². The topological polar surface area (TPSA) is 568 Å². The molecule has 13 N–H and O–H groups in total. The number of aromatic nitrogens is 3. The molecule has 0 spiro atoms. The van der Waals surface area contributed by atoms with Crippen LogP contribution in [0.4, 0.5) is 29.7 Å². The number of fused-ring (bicyclic) bond motifs is 12. The predicted molar refractivity (Wildman–Crippen MR) is 498 cm³/mol. The van der Waals surface area contributed by atoms with Gasteiger partial charge < -0.3 is 125 Å². The largest absolute Gasteiger partial charge is 0.445 e. The standard InChI is InChI=1S/C94H132F2N14O29S/c1-6-12-83-138-76-53-68-69-52-71(95)70-51-65(111)24-27-91(70,4)93(69,96)74(112)54-92(68,5)94(76,139-83)75(113)59-136-60-103-81(118)55-101-80(117)56-102-90(123)137-58-62-18-20-64(21-19-62)104-87(120)72(16-11-28-100-89(97)122)105-88(121)84(61(2)3)106-79(116)26-33-128-37-41-132-45-48-135-49-46-133-42-38-129-34-29-98-77(114)22-23-82(119)109-57-63-13-7-8-14-66(63)86-85(67-15-9-10-17-73(67)109)107-108-110(86)31-35-130-39-43-134-47-44-131-40-36-127-32-25-78(115)99-30-50-140(124,125)126/h7-10,13-15,17-21,24,27,51,61,68-69,71-72,74,76,83-84,112H,6,11-12,16,22-23,25-26,28-50,52-60H2,1-5H3,(H,98,114)(H,99,115)(H,101,117)(H,102,123)(H,103,118)(H,104,120)(H,105,121)(H,106,116)(H3,97,100,122)(H,124,125,126)/t68-,69-,71-,72-,74-,76+,83?,84-,91-,92-,93-,94+/m0/s1. The summed E-state index contributed by atoms with van der Waals surface area (Å²) in [5.74, 6) is -8.02. The molecule has 140 heavy (non-hydrogen) atoms. The van der Waals surface area contributed by atoms with Crippen molar-refractivity contribution < 1.29 is 146 Å². The number of para-hydroxylation sites is 1. The number of amides is 11. The predicted octanol–water partition coefficient (Wildman–Crippen LogP) is 3.21. The summed E-state index contributed by atoms with van der Waals surface area (Å²) < 4.78 is 140. The number of aliphatic hydroxyl groups excluding tert-OH is 1. The van der Waals surface area contributed by atoms with Gasteiger partial charge in [-0.3, -0.25) is 52.5 Å². The fourth-order valence-corrected chi connectivity index (χ4v) is 18.6. The van der Waals surface area contributed by atoms with Crippen LogP contribution in [0.2, 0.25) is 0 Å². The van der Waals surface area contributed by atoms with Crippen LogP contribution < -0.4 is 58.5 Å². The molecule has 6 aliphatic rings. The molecule has 1 saturated heterocycles. The first kappa shape index (κ1) is 111. The molecule has 12 atom stereocenters. The first-order valence-corrected chi connectivity index (χ1v) is 48.8. The molecule has 4 fully saturated rings. The van der Waals surface area contributed by atoms with E-state index in [9.17, 15) is 71.1 Å². The fraction of sp³-hybridized carbons (Fsp3) is 0.617. The van der Waals surface area contributed by atoms with Gasteiger partial charge in [0.1, 0.15) is 50.4 Å². The molecule has 46 heteroatoms. The van der Waals surface area contributed by atoms with Crippen molar-refractivity contribution in [2.24, 2.45) is 34.3 Å². The first-order chi connectivity index (χ1) is 67.2. The highest BCUT2D eigenvalue weighted by atomic mass is 32.2. The van der Waals surface area contributed by atoms with Crippen molar-refractivity contribution in [1.82, 2.24) is 57.5 Å². The van der Waals surface area contributed by atoms with E-state index in [2.05, 4.69) is 58.2 Å². The van der Waals surface area contributed by atoms with Gasteiger partial charge in [0.15, 0.2) is 29.1 Å². The SMILES string of the molecule is CCCC1O[C@@H]2C[C@H]3[C@@H]4C[C@H](F)C5=CC(=O)C=C[C@]5(C)[C@@]4(F)[C@@H](O)C[C@]3(C)[C@]2(C(=O)COCNC(=O)CNC(=O)CNC(=O)OCc2ccc(NC(=O)[C@H](CCCNC(N)=O)NC(=O)[C@@H](NC(=O)CCOCCOCCOCCOCCOCCNC(=O)CCC(=O)N3Cc4ccccc4-c4c(nnn4CCOCCOCCOCCOCCC(=O)NCCS(=O)(=O)O)-c4ccccc43)C(C)C)cc2)O1. The number of hydrogen-bond acceptors (Lipinski definition) is 30. The number of alkyl carbamates (subject to hydrolysis) is 1. The Bertz CT molecular complexity index is 5020. The van der Waals surface area contributed by atoms with Crippen LogP contribution in [0.5, 0.6) is 0 Å². The Morgan fingerprint density at radius 3 is 1.88 bits per heavy atom. The number of carbonyl (C=O) groups is 12. The van der Waals surface area contributed by atoms with E-state index in [0.717, 1.165) is 22.9 Å². The Morgan fingerprint density at radius 2 is 1.24 bits per heavy atom. The second-order valence-electron chi connectivity index (χ2n) is 35.1. The number of allylic oxidation sites excluding steroid dienone is 4. The van der Waals surface area contributed by atoms with E-state index in [1.807, 2.05) is 55.5 Å². The number of anilines is 2. The summed E-state index contributed by atoms with van der Waals surface area (Å²) in [5, 5.41) is 43.9. The molecule has 10 rings (SSSR count). The summed E-state index contributed by atoms with van der Waals surface area (Å²) in [6.07, 6.45) is -1.71. The van der Waals surface area contributed by atoms with Gasteiger partial charge in [0.2, 0.25) is 47.3 Å². The van der Waals surface area contributed by atoms with Gasteiger partial charge >= 0.3 is 12.1 Å². The minimum absolute atomic E-state index is 0.0116. The Labute approximate surface area is 810 Å². The van der Waals surface area contributed by atoms with Crippen molar-refractivity contribution >= 4 is 92.4 Å². The number of aliphatic hydroxyl groups is 1. The van der Waals surface area contributed by atoms with Gasteiger partial charge in [-0.1, -0.05) is 100 Å². The minimum atomic E-state index is -4.15. The number of alkyl halides is 2.